The second-order valence-corrected chi connectivity index (χ2v) is 7.01. The monoisotopic (exact) mass is 377 g/mol. The van der Waals surface area contributed by atoms with Gasteiger partial charge in [0.1, 0.15) is 5.75 Å². The molecule has 130 valence electrons. The van der Waals surface area contributed by atoms with E-state index in [4.69, 9.17) is 27.9 Å². The van der Waals surface area contributed by atoms with Crippen LogP contribution in [0.5, 0.6) is 5.75 Å². The molecule has 1 saturated heterocycles. The van der Waals surface area contributed by atoms with Crippen LogP contribution < -0.4 is 9.64 Å². The molecule has 1 fully saturated rings. The molecule has 0 aliphatic carbocycles. The molecular weight excluding hydrogens is 361 g/mol. The summed E-state index contributed by atoms with van der Waals surface area (Å²) < 4.78 is 5.47. The lowest BCUT2D eigenvalue weighted by Gasteiger charge is -2.18. The van der Waals surface area contributed by atoms with Crippen LogP contribution in [0.3, 0.4) is 0 Å². The van der Waals surface area contributed by atoms with Crippen molar-refractivity contribution in [2.75, 3.05) is 11.4 Å². The largest absolute Gasteiger partial charge is 0.426 e. The van der Waals surface area contributed by atoms with Gasteiger partial charge in [-0.2, -0.15) is 0 Å². The summed E-state index contributed by atoms with van der Waals surface area (Å²) in [6.07, 6.45) is 0.0898. The standard InChI is InChI=1S/C19H17Cl2NO3/c1-11-6-12(2)8-14(7-11)25-19(24)13-9-17(23)22(10-13)16-5-3-4-15(20)18(16)21/h3-8,13H,9-10H2,1-2H3/t13-/m1/s1. The van der Waals surface area contributed by atoms with E-state index in [2.05, 4.69) is 0 Å². The lowest BCUT2D eigenvalue weighted by molar-refractivity contribution is -0.139. The number of carbonyl (C=O) groups is 2. The number of anilines is 1. The summed E-state index contributed by atoms with van der Waals surface area (Å²) in [5, 5.41) is 0.675. The van der Waals surface area contributed by atoms with E-state index >= 15 is 0 Å². The van der Waals surface area contributed by atoms with Crippen LogP contribution in [0.4, 0.5) is 5.69 Å². The van der Waals surface area contributed by atoms with Crippen molar-refractivity contribution >= 4 is 40.8 Å². The van der Waals surface area contributed by atoms with Gasteiger partial charge in [0, 0.05) is 13.0 Å². The zero-order valence-electron chi connectivity index (χ0n) is 13.9. The predicted molar refractivity (Wildman–Crippen MR) is 98.5 cm³/mol. The second-order valence-electron chi connectivity index (χ2n) is 6.22. The van der Waals surface area contributed by atoms with Crippen LogP contribution in [-0.2, 0) is 9.59 Å². The third kappa shape index (κ3) is 3.80. The van der Waals surface area contributed by atoms with Crippen molar-refractivity contribution in [3.8, 4) is 5.75 Å². The summed E-state index contributed by atoms with van der Waals surface area (Å²) in [7, 11) is 0. The van der Waals surface area contributed by atoms with E-state index in [1.165, 1.54) is 4.90 Å². The summed E-state index contributed by atoms with van der Waals surface area (Å²) in [6, 6.07) is 10.7. The minimum Gasteiger partial charge on any atom is -0.426 e. The smallest absolute Gasteiger partial charge is 0.316 e. The van der Waals surface area contributed by atoms with Crippen molar-refractivity contribution in [3.05, 3.63) is 57.6 Å². The third-order valence-corrected chi connectivity index (χ3v) is 4.90. The fraction of sp³-hybridized carbons (Fsp3) is 0.263. The van der Waals surface area contributed by atoms with E-state index in [0.29, 0.717) is 21.5 Å². The van der Waals surface area contributed by atoms with Gasteiger partial charge in [0.25, 0.3) is 0 Å². The summed E-state index contributed by atoms with van der Waals surface area (Å²) in [4.78, 5) is 26.3. The Kier molecular flexibility index (Phi) is 5.02. The molecular formula is C19H17Cl2NO3. The van der Waals surface area contributed by atoms with Crippen molar-refractivity contribution in [3.63, 3.8) is 0 Å². The van der Waals surface area contributed by atoms with Crippen LogP contribution in [0.1, 0.15) is 17.5 Å². The minimum atomic E-state index is -0.539. The van der Waals surface area contributed by atoms with E-state index < -0.39 is 11.9 Å². The maximum atomic E-state index is 12.5. The summed E-state index contributed by atoms with van der Waals surface area (Å²) in [6.45, 7) is 4.10. The van der Waals surface area contributed by atoms with Gasteiger partial charge in [-0.15, -0.1) is 0 Å². The molecule has 0 spiro atoms. The van der Waals surface area contributed by atoms with Crippen molar-refractivity contribution < 1.29 is 14.3 Å². The highest BCUT2D eigenvalue weighted by molar-refractivity contribution is 6.44. The summed E-state index contributed by atoms with van der Waals surface area (Å²) in [5.74, 6) is -0.636. The molecule has 2 aromatic carbocycles. The number of hydrogen-bond donors (Lipinski definition) is 0. The summed E-state index contributed by atoms with van der Waals surface area (Å²) in [5.41, 5.74) is 2.54. The summed E-state index contributed by atoms with van der Waals surface area (Å²) >= 11 is 12.2. The van der Waals surface area contributed by atoms with Gasteiger partial charge in [-0.1, -0.05) is 35.3 Å². The first-order valence-electron chi connectivity index (χ1n) is 7.89. The van der Waals surface area contributed by atoms with Crippen molar-refractivity contribution in [2.24, 2.45) is 5.92 Å². The number of halogens is 2. The van der Waals surface area contributed by atoms with Gasteiger partial charge in [0.2, 0.25) is 5.91 Å². The fourth-order valence-corrected chi connectivity index (χ4v) is 3.39. The number of hydrogen-bond acceptors (Lipinski definition) is 3. The van der Waals surface area contributed by atoms with Crippen LogP contribution in [0.25, 0.3) is 0 Å². The number of carbonyl (C=O) groups excluding carboxylic acids is 2. The van der Waals surface area contributed by atoms with Crippen molar-refractivity contribution in [1.29, 1.82) is 0 Å². The molecule has 0 saturated carbocycles. The van der Waals surface area contributed by atoms with Crippen LogP contribution in [0, 0.1) is 19.8 Å². The van der Waals surface area contributed by atoms with Crippen molar-refractivity contribution in [2.45, 2.75) is 20.3 Å². The highest BCUT2D eigenvalue weighted by atomic mass is 35.5. The average Bonchev–Trinajstić information content (AvgIpc) is 2.91. The number of aryl methyl sites for hydroxylation is 2. The Morgan fingerprint density at radius 2 is 1.84 bits per heavy atom. The molecule has 4 nitrogen and oxygen atoms in total. The number of benzene rings is 2. The Bertz CT molecular complexity index is 830. The molecule has 1 aliphatic heterocycles. The Hall–Kier alpha value is -2.04. The van der Waals surface area contributed by atoms with E-state index in [9.17, 15) is 9.59 Å². The van der Waals surface area contributed by atoms with E-state index in [1.54, 1.807) is 30.3 Å². The molecule has 2 aromatic rings. The lowest BCUT2D eigenvalue weighted by atomic mass is 10.1. The van der Waals surface area contributed by atoms with Crippen LogP contribution in [0.2, 0.25) is 10.0 Å². The Balaban J connectivity index is 1.75. The molecule has 0 radical (unpaired) electrons. The molecule has 3 rings (SSSR count). The second kappa shape index (κ2) is 7.06. The average molecular weight is 378 g/mol. The fourth-order valence-electron chi connectivity index (χ4n) is 2.99. The quantitative estimate of drug-likeness (QED) is 0.581. The lowest BCUT2D eigenvalue weighted by Crippen LogP contribution is -2.27. The van der Waals surface area contributed by atoms with Gasteiger partial charge < -0.3 is 9.64 Å². The van der Waals surface area contributed by atoms with Gasteiger partial charge >= 0.3 is 5.97 Å². The van der Waals surface area contributed by atoms with Crippen LogP contribution in [-0.4, -0.2) is 18.4 Å². The number of ether oxygens (including phenoxy) is 1. The molecule has 0 aromatic heterocycles. The van der Waals surface area contributed by atoms with E-state index in [0.717, 1.165) is 11.1 Å². The van der Waals surface area contributed by atoms with E-state index in [-0.39, 0.29) is 18.9 Å². The maximum Gasteiger partial charge on any atom is 0.316 e. The first kappa shape index (κ1) is 17.8. The molecule has 1 heterocycles. The molecule has 0 bridgehead atoms. The Labute approximate surface area is 156 Å². The highest BCUT2D eigenvalue weighted by Crippen LogP contribution is 2.36. The van der Waals surface area contributed by atoms with Gasteiger partial charge in [0.15, 0.2) is 0 Å². The van der Waals surface area contributed by atoms with Gasteiger partial charge in [-0.3, -0.25) is 9.59 Å². The first-order chi connectivity index (χ1) is 11.8. The topological polar surface area (TPSA) is 46.6 Å². The molecule has 1 atom stereocenters. The van der Waals surface area contributed by atoms with Gasteiger partial charge in [-0.25, -0.2) is 0 Å². The molecule has 1 amide bonds. The normalized spacial score (nSPS) is 17.0. The highest BCUT2D eigenvalue weighted by Gasteiger charge is 2.37. The molecule has 0 unspecified atom stereocenters. The zero-order chi connectivity index (χ0) is 18.1. The first-order valence-corrected chi connectivity index (χ1v) is 8.65. The maximum absolute atomic E-state index is 12.5. The molecule has 1 aliphatic rings. The Morgan fingerprint density at radius 1 is 1.16 bits per heavy atom. The molecule has 6 heteroatoms. The number of esters is 1. The number of nitrogens with zero attached hydrogens (tertiary/aromatic N) is 1. The number of amides is 1. The molecule has 0 N–H and O–H groups in total. The van der Waals surface area contributed by atoms with Crippen LogP contribution >= 0.6 is 23.2 Å². The predicted octanol–water partition coefficient (Wildman–Crippen LogP) is 4.57. The van der Waals surface area contributed by atoms with Crippen molar-refractivity contribution in [1.82, 2.24) is 0 Å². The zero-order valence-corrected chi connectivity index (χ0v) is 15.4. The van der Waals surface area contributed by atoms with Crippen LogP contribution in [0.15, 0.2) is 36.4 Å². The number of rotatable bonds is 3. The van der Waals surface area contributed by atoms with E-state index in [1.807, 2.05) is 19.9 Å². The van der Waals surface area contributed by atoms with Gasteiger partial charge in [0.05, 0.1) is 21.7 Å². The Morgan fingerprint density at radius 3 is 2.52 bits per heavy atom. The van der Waals surface area contributed by atoms with Gasteiger partial charge in [-0.05, 0) is 49.2 Å². The third-order valence-electron chi connectivity index (χ3n) is 4.09. The SMILES string of the molecule is Cc1cc(C)cc(OC(=O)[C@@H]2CC(=O)N(c3cccc(Cl)c3Cl)C2)c1. The minimum absolute atomic E-state index is 0.0898. The molecule has 25 heavy (non-hydrogen) atoms.